The smallest absolute Gasteiger partial charge is 0.275 e. The summed E-state index contributed by atoms with van der Waals surface area (Å²) in [6, 6.07) is 6.17. The van der Waals surface area contributed by atoms with Crippen molar-refractivity contribution in [3.63, 3.8) is 0 Å². The fourth-order valence-corrected chi connectivity index (χ4v) is 1.62. The summed E-state index contributed by atoms with van der Waals surface area (Å²) in [6.45, 7) is 0. The summed E-state index contributed by atoms with van der Waals surface area (Å²) in [7, 11) is 3.16. The lowest BCUT2D eigenvalue weighted by Gasteiger charge is -2.08. The number of nitro groups is 1. The van der Waals surface area contributed by atoms with Crippen LogP contribution in [0.2, 0.25) is 0 Å². The molecule has 0 bridgehead atoms. The van der Waals surface area contributed by atoms with E-state index in [-0.39, 0.29) is 5.69 Å². The van der Waals surface area contributed by atoms with E-state index in [4.69, 9.17) is 4.74 Å². The molecule has 98 valence electrons. The monoisotopic (exact) mass is 260 g/mol. The number of pyridine rings is 2. The van der Waals surface area contributed by atoms with E-state index in [0.717, 1.165) is 0 Å². The first kappa shape index (κ1) is 12.7. The Bertz CT molecular complexity index is 616. The third-order valence-corrected chi connectivity index (χ3v) is 2.51. The molecule has 2 rings (SSSR count). The number of rotatable bonds is 4. The van der Waals surface area contributed by atoms with Gasteiger partial charge in [-0.3, -0.25) is 15.1 Å². The van der Waals surface area contributed by atoms with Gasteiger partial charge in [0.05, 0.1) is 18.1 Å². The number of ether oxygens (including phenoxy) is 1. The summed E-state index contributed by atoms with van der Waals surface area (Å²) in [6.07, 6.45) is 1.58. The molecule has 0 amide bonds. The largest absolute Gasteiger partial charge is 0.494 e. The van der Waals surface area contributed by atoms with Gasteiger partial charge in [-0.2, -0.15) is 0 Å². The molecule has 0 saturated heterocycles. The number of hydrogen-bond acceptors (Lipinski definition) is 6. The van der Waals surface area contributed by atoms with Crippen LogP contribution in [0.15, 0.2) is 30.5 Å². The Kier molecular flexibility index (Phi) is 3.56. The Morgan fingerprint density at radius 1 is 1.42 bits per heavy atom. The Balaban J connectivity index is 2.61. The summed E-state index contributed by atoms with van der Waals surface area (Å²) < 4.78 is 5.18. The average molecular weight is 260 g/mol. The minimum Gasteiger partial charge on any atom is -0.494 e. The van der Waals surface area contributed by atoms with E-state index in [0.29, 0.717) is 23.0 Å². The van der Waals surface area contributed by atoms with Gasteiger partial charge in [0.2, 0.25) is 0 Å². The number of anilines is 1. The second kappa shape index (κ2) is 5.30. The molecule has 0 fully saturated rings. The maximum absolute atomic E-state index is 10.9. The normalized spacial score (nSPS) is 10.0. The molecule has 0 aromatic carbocycles. The van der Waals surface area contributed by atoms with E-state index < -0.39 is 4.92 Å². The zero-order valence-electron chi connectivity index (χ0n) is 10.5. The van der Waals surface area contributed by atoms with Gasteiger partial charge in [-0.25, -0.2) is 4.98 Å². The van der Waals surface area contributed by atoms with Crippen LogP contribution in [0.4, 0.5) is 11.5 Å². The van der Waals surface area contributed by atoms with Crippen molar-refractivity contribution in [3.05, 3.63) is 40.6 Å². The molecule has 0 radical (unpaired) electrons. The first-order valence-corrected chi connectivity index (χ1v) is 5.49. The Hall–Kier alpha value is -2.70. The predicted molar refractivity (Wildman–Crippen MR) is 70.2 cm³/mol. The van der Waals surface area contributed by atoms with Crippen LogP contribution < -0.4 is 10.1 Å². The van der Waals surface area contributed by atoms with E-state index in [1.54, 1.807) is 25.4 Å². The minimum atomic E-state index is -0.471. The maximum Gasteiger partial charge on any atom is 0.275 e. The molecule has 0 spiro atoms. The van der Waals surface area contributed by atoms with Crippen LogP contribution in [0.5, 0.6) is 5.75 Å². The maximum atomic E-state index is 10.9. The van der Waals surface area contributed by atoms with Gasteiger partial charge >= 0.3 is 0 Å². The first-order valence-electron chi connectivity index (χ1n) is 5.49. The number of nitrogens with zero attached hydrogens (tertiary/aromatic N) is 3. The molecule has 2 aromatic rings. The van der Waals surface area contributed by atoms with Crippen molar-refractivity contribution >= 4 is 11.5 Å². The second-order valence-electron chi connectivity index (χ2n) is 3.66. The highest BCUT2D eigenvalue weighted by Gasteiger charge is 2.15. The van der Waals surface area contributed by atoms with Gasteiger partial charge in [0.15, 0.2) is 0 Å². The Morgan fingerprint density at radius 3 is 2.84 bits per heavy atom. The third kappa shape index (κ3) is 2.59. The molecule has 1 N–H and O–H groups in total. The van der Waals surface area contributed by atoms with Gasteiger partial charge in [0.25, 0.3) is 5.69 Å². The van der Waals surface area contributed by atoms with Crippen LogP contribution in [0.1, 0.15) is 0 Å². The summed E-state index contributed by atoms with van der Waals surface area (Å²) in [5.41, 5.74) is 0.795. The second-order valence-corrected chi connectivity index (χ2v) is 3.66. The van der Waals surface area contributed by atoms with Crippen LogP contribution in [0, 0.1) is 10.1 Å². The number of hydrogen-bond donors (Lipinski definition) is 1. The lowest BCUT2D eigenvalue weighted by molar-refractivity contribution is -0.384. The van der Waals surface area contributed by atoms with Gasteiger partial charge in [-0.15, -0.1) is 0 Å². The molecular formula is C12H12N4O3. The molecule has 0 aliphatic heterocycles. The van der Waals surface area contributed by atoms with Crippen LogP contribution in [-0.4, -0.2) is 29.0 Å². The van der Waals surface area contributed by atoms with Crippen molar-refractivity contribution in [2.75, 3.05) is 19.5 Å². The van der Waals surface area contributed by atoms with Gasteiger partial charge in [0, 0.05) is 19.3 Å². The van der Waals surface area contributed by atoms with Crippen molar-refractivity contribution < 1.29 is 9.66 Å². The number of nitrogens with one attached hydrogen (secondary N) is 1. The highest BCUT2D eigenvalue weighted by molar-refractivity contribution is 5.67. The number of aromatic nitrogens is 2. The summed E-state index contributed by atoms with van der Waals surface area (Å²) in [4.78, 5) is 18.8. The SMILES string of the molecule is CNc1cc([N+](=O)[O-])cc(-c2ncccc2OC)n1. The highest BCUT2D eigenvalue weighted by Crippen LogP contribution is 2.29. The van der Waals surface area contributed by atoms with Gasteiger partial charge in [-0.1, -0.05) is 0 Å². The van der Waals surface area contributed by atoms with Gasteiger partial charge in [0.1, 0.15) is 23.0 Å². The quantitative estimate of drug-likeness (QED) is 0.668. The van der Waals surface area contributed by atoms with Crippen LogP contribution >= 0.6 is 0 Å². The summed E-state index contributed by atoms with van der Waals surface area (Å²) in [5, 5.41) is 13.7. The van der Waals surface area contributed by atoms with E-state index >= 15 is 0 Å². The Morgan fingerprint density at radius 2 is 2.21 bits per heavy atom. The molecule has 2 aromatic heterocycles. The molecule has 0 saturated carbocycles. The van der Waals surface area contributed by atoms with Gasteiger partial charge < -0.3 is 10.1 Å². The van der Waals surface area contributed by atoms with Crippen LogP contribution in [0.25, 0.3) is 11.4 Å². The molecule has 2 heterocycles. The Labute approximate surface area is 109 Å². The minimum absolute atomic E-state index is 0.0537. The lowest BCUT2D eigenvalue weighted by Crippen LogP contribution is -1.99. The summed E-state index contributed by atoms with van der Waals surface area (Å²) >= 11 is 0. The molecule has 19 heavy (non-hydrogen) atoms. The first-order chi connectivity index (χ1) is 9.15. The zero-order chi connectivity index (χ0) is 13.8. The van der Waals surface area contributed by atoms with Gasteiger partial charge in [-0.05, 0) is 12.1 Å². The molecule has 7 heteroatoms. The fourth-order valence-electron chi connectivity index (χ4n) is 1.62. The summed E-state index contributed by atoms with van der Waals surface area (Å²) in [5.74, 6) is 0.912. The van der Waals surface area contributed by atoms with E-state index in [1.165, 1.54) is 19.2 Å². The number of methoxy groups -OCH3 is 1. The predicted octanol–water partition coefficient (Wildman–Crippen LogP) is 2.10. The standard InChI is InChI=1S/C12H12N4O3/c1-13-11-7-8(16(17)18)6-9(15-11)12-10(19-2)4-3-5-14-12/h3-7H,1-2H3,(H,13,15). The third-order valence-electron chi connectivity index (χ3n) is 2.51. The zero-order valence-corrected chi connectivity index (χ0v) is 10.5. The van der Waals surface area contributed by atoms with Crippen LogP contribution in [0.3, 0.4) is 0 Å². The molecular weight excluding hydrogens is 248 g/mol. The van der Waals surface area contributed by atoms with Crippen molar-refractivity contribution in [3.8, 4) is 17.1 Å². The topological polar surface area (TPSA) is 90.2 Å². The molecule has 7 nitrogen and oxygen atoms in total. The molecule has 0 aliphatic carbocycles. The van der Waals surface area contributed by atoms with Crippen LogP contribution in [-0.2, 0) is 0 Å². The van der Waals surface area contributed by atoms with Crippen molar-refractivity contribution in [1.82, 2.24) is 9.97 Å². The molecule has 0 unspecified atom stereocenters. The van der Waals surface area contributed by atoms with Crippen molar-refractivity contribution in [2.24, 2.45) is 0 Å². The average Bonchev–Trinajstić information content (AvgIpc) is 2.46. The van der Waals surface area contributed by atoms with Crippen molar-refractivity contribution in [2.45, 2.75) is 0 Å². The van der Waals surface area contributed by atoms with Crippen molar-refractivity contribution in [1.29, 1.82) is 0 Å². The molecule has 0 atom stereocenters. The highest BCUT2D eigenvalue weighted by atomic mass is 16.6. The lowest BCUT2D eigenvalue weighted by atomic mass is 10.2. The van der Waals surface area contributed by atoms with E-state index in [9.17, 15) is 10.1 Å². The van der Waals surface area contributed by atoms with E-state index in [2.05, 4.69) is 15.3 Å². The van der Waals surface area contributed by atoms with E-state index in [1.807, 2.05) is 0 Å². The fraction of sp³-hybridized carbons (Fsp3) is 0.167. The molecule has 0 aliphatic rings.